The molecule has 5 heteroatoms. The number of furan rings is 1. The second-order valence-corrected chi connectivity index (χ2v) is 6.51. The minimum atomic E-state index is 0.593. The Kier molecular flexibility index (Phi) is 4.77. The molecule has 0 radical (unpaired) electrons. The van der Waals surface area contributed by atoms with Crippen LogP contribution in [0.3, 0.4) is 0 Å². The Balaban J connectivity index is 1.72. The summed E-state index contributed by atoms with van der Waals surface area (Å²) in [7, 11) is 0. The highest BCUT2D eigenvalue weighted by Gasteiger charge is 2.09. The minimum absolute atomic E-state index is 0.593. The van der Waals surface area contributed by atoms with E-state index in [1.165, 1.54) is 0 Å². The Morgan fingerprint density at radius 1 is 0.955 bits per heavy atom. The predicted molar refractivity (Wildman–Crippen MR) is 95.6 cm³/mol. The lowest BCUT2D eigenvalue weighted by Gasteiger charge is -2.05. The van der Waals surface area contributed by atoms with Crippen molar-refractivity contribution in [1.82, 2.24) is 0 Å². The molecule has 0 saturated carbocycles. The van der Waals surface area contributed by atoms with Gasteiger partial charge in [-0.1, -0.05) is 39.1 Å². The molecule has 2 nitrogen and oxygen atoms in total. The molecule has 1 heterocycles. The van der Waals surface area contributed by atoms with E-state index in [0.717, 1.165) is 32.3 Å². The Bertz CT molecular complexity index is 784. The van der Waals surface area contributed by atoms with Crippen LogP contribution in [0.4, 0.5) is 5.69 Å². The number of hydrogen-bond acceptors (Lipinski definition) is 2. The third kappa shape index (κ3) is 3.67. The molecule has 2 aromatic carbocycles. The van der Waals surface area contributed by atoms with Crippen LogP contribution in [0.25, 0.3) is 11.3 Å². The van der Waals surface area contributed by atoms with Crippen molar-refractivity contribution in [2.24, 2.45) is 0 Å². The zero-order chi connectivity index (χ0) is 15.5. The Morgan fingerprint density at radius 3 is 2.45 bits per heavy atom. The van der Waals surface area contributed by atoms with Crippen molar-refractivity contribution in [1.29, 1.82) is 0 Å². The number of anilines is 1. The Hall–Kier alpha value is -1.42. The number of rotatable bonds is 4. The van der Waals surface area contributed by atoms with Crippen LogP contribution < -0.4 is 5.32 Å². The lowest BCUT2D eigenvalue weighted by atomic mass is 10.2. The maximum absolute atomic E-state index is 6.24. The summed E-state index contributed by atoms with van der Waals surface area (Å²) in [4.78, 5) is 0. The fraction of sp³-hybridized carbons (Fsp3) is 0.0588. The van der Waals surface area contributed by atoms with Gasteiger partial charge in [-0.2, -0.15) is 0 Å². The molecule has 3 aromatic rings. The smallest absolute Gasteiger partial charge is 0.135 e. The van der Waals surface area contributed by atoms with Gasteiger partial charge in [-0.3, -0.25) is 0 Å². The van der Waals surface area contributed by atoms with E-state index in [1.54, 1.807) is 0 Å². The highest BCUT2D eigenvalue weighted by atomic mass is 79.9. The average Bonchev–Trinajstić information content (AvgIpc) is 2.95. The van der Waals surface area contributed by atoms with Gasteiger partial charge in [-0.25, -0.2) is 0 Å². The molecule has 1 aromatic heterocycles. The fourth-order valence-electron chi connectivity index (χ4n) is 2.06. The third-order valence-electron chi connectivity index (χ3n) is 3.17. The van der Waals surface area contributed by atoms with Crippen LogP contribution >= 0.6 is 39.1 Å². The van der Waals surface area contributed by atoms with E-state index >= 15 is 0 Å². The van der Waals surface area contributed by atoms with Gasteiger partial charge in [-0.05, 0) is 54.6 Å². The summed E-state index contributed by atoms with van der Waals surface area (Å²) in [5.41, 5.74) is 1.87. The van der Waals surface area contributed by atoms with Gasteiger partial charge >= 0.3 is 0 Å². The highest BCUT2D eigenvalue weighted by molar-refractivity contribution is 9.10. The molecule has 1 N–H and O–H groups in total. The molecule has 0 unspecified atom stereocenters. The quantitative estimate of drug-likeness (QED) is 0.535. The standard InChI is InChI=1S/C17H12BrCl2NO/c18-11-1-7-15(16(20)9-11)17-8-6-14(22-17)10-21-13-4-2-12(19)3-5-13/h1-9,21H,10H2. The van der Waals surface area contributed by atoms with Crippen LogP contribution in [0.5, 0.6) is 0 Å². The monoisotopic (exact) mass is 395 g/mol. The average molecular weight is 397 g/mol. The molecule has 0 atom stereocenters. The van der Waals surface area contributed by atoms with Gasteiger partial charge in [0.2, 0.25) is 0 Å². The molecular weight excluding hydrogens is 385 g/mol. The Morgan fingerprint density at radius 2 is 1.73 bits per heavy atom. The molecule has 0 aliphatic rings. The third-order valence-corrected chi connectivity index (χ3v) is 4.23. The van der Waals surface area contributed by atoms with Gasteiger partial charge in [0.15, 0.2) is 0 Å². The van der Waals surface area contributed by atoms with E-state index in [4.69, 9.17) is 27.6 Å². The van der Waals surface area contributed by atoms with Crippen LogP contribution in [-0.2, 0) is 6.54 Å². The number of hydrogen-bond donors (Lipinski definition) is 1. The summed E-state index contributed by atoms with van der Waals surface area (Å²) in [5.74, 6) is 1.59. The zero-order valence-electron chi connectivity index (χ0n) is 11.4. The van der Waals surface area contributed by atoms with E-state index in [2.05, 4.69) is 21.2 Å². The second-order valence-electron chi connectivity index (χ2n) is 4.75. The summed E-state index contributed by atoms with van der Waals surface area (Å²) in [6.45, 7) is 0.593. The van der Waals surface area contributed by atoms with E-state index in [1.807, 2.05) is 54.6 Å². The number of nitrogens with one attached hydrogen (secondary N) is 1. The van der Waals surface area contributed by atoms with Crippen LogP contribution in [-0.4, -0.2) is 0 Å². The minimum Gasteiger partial charge on any atom is -0.459 e. The molecule has 0 aliphatic carbocycles. The second kappa shape index (κ2) is 6.78. The van der Waals surface area contributed by atoms with E-state index < -0.39 is 0 Å². The predicted octanol–water partition coefficient (Wildman–Crippen LogP) is 6.63. The first-order valence-corrected chi connectivity index (χ1v) is 8.20. The molecule has 0 spiro atoms. The van der Waals surface area contributed by atoms with E-state index in [-0.39, 0.29) is 0 Å². The zero-order valence-corrected chi connectivity index (χ0v) is 14.5. The summed E-state index contributed by atoms with van der Waals surface area (Å²) in [6, 6.07) is 17.1. The summed E-state index contributed by atoms with van der Waals surface area (Å²) >= 11 is 15.5. The lowest BCUT2D eigenvalue weighted by molar-refractivity contribution is 0.531. The first-order chi connectivity index (χ1) is 10.6. The largest absolute Gasteiger partial charge is 0.459 e. The molecule has 22 heavy (non-hydrogen) atoms. The maximum atomic E-state index is 6.24. The maximum Gasteiger partial charge on any atom is 0.135 e. The van der Waals surface area contributed by atoms with Gasteiger partial charge in [0.05, 0.1) is 11.6 Å². The van der Waals surface area contributed by atoms with Crippen molar-refractivity contribution in [2.45, 2.75) is 6.54 Å². The van der Waals surface area contributed by atoms with Crippen LogP contribution in [0.2, 0.25) is 10.0 Å². The van der Waals surface area contributed by atoms with Gasteiger partial charge in [0.1, 0.15) is 11.5 Å². The molecule has 112 valence electrons. The molecule has 0 saturated heterocycles. The van der Waals surface area contributed by atoms with Crippen LogP contribution in [0, 0.1) is 0 Å². The van der Waals surface area contributed by atoms with E-state index in [0.29, 0.717) is 11.6 Å². The van der Waals surface area contributed by atoms with Crippen LogP contribution in [0.1, 0.15) is 5.76 Å². The van der Waals surface area contributed by atoms with E-state index in [9.17, 15) is 0 Å². The molecule has 0 fully saturated rings. The van der Waals surface area contributed by atoms with Crippen molar-refractivity contribution in [2.75, 3.05) is 5.32 Å². The summed E-state index contributed by atoms with van der Waals surface area (Å²) in [5, 5.41) is 4.66. The molecule has 0 aliphatic heterocycles. The topological polar surface area (TPSA) is 25.2 Å². The molecule has 0 bridgehead atoms. The molecular formula is C17H12BrCl2NO. The molecule has 3 rings (SSSR count). The summed E-state index contributed by atoms with van der Waals surface area (Å²) in [6.07, 6.45) is 0. The van der Waals surface area contributed by atoms with Gasteiger partial charge in [0.25, 0.3) is 0 Å². The van der Waals surface area contributed by atoms with Crippen molar-refractivity contribution >= 4 is 44.8 Å². The van der Waals surface area contributed by atoms with Gasteiger partial charge in [0, 0.05) is 20.7 Å². The summed E-state index contributed by atoms with van der Waals surface area (Å²) < 4.78 is 6.79. The lowest BCUT2D eigenvalue weighted by Crippen LogP contribution is -1.97. The fourth-order valence-corrected chi connectivity index (χ4v) is 2.96. The SMILES string of the molecule is Clc1ccc(NCc2ccc(-c3ccc(Br)cc3Cl)o2)cc1. The first kappa shape index (κ1) is 15.5. The van der Waals surface area contributed by atoms with Gasteiger partial charge in [-0.15, -0.1) is 0 Å². The van der Waals surface area contributed by atoms with Crippen molar-refractivity contribution < 1.29 is 4.42 Å². The van der Waals surface area contributed by atoms with Crippen molar-refractivity contribution in [3.05, 3.63) is 74.9 Å². The molecule has 0 amide bonds. The van der Waals surface area contributed by atoms with Gasteiger partial charge < -0.3 is 9.73 Å². The number of halogens is 3. The van der Waals surface area contributed by atoms with Crippen LogP contribution in [0.15, 0.2) is 63.5 Å². The highest BCUT2D eigenvalue weighted by Crippen LogP contribution is 2.31. The van der Waals surface area contributed by atoms with Crippen molar-refractivity contribution in [3.8, 4) is 11.3 Å². The number of benzene rings is 2. The first-order valence-electron chi connectivity index (χ1n) is 6.65. The Labute approximate surface area is 147 Å². The normalized spacial score (nSPS) is 10.7. The van der Waals surface area contributed by atoms with Crippen molar-refractivity contribution in [3.63, 3.8) is 0 Å².